The van der Waals surface area contributed by atoms with E-state index in [1.807, 2.05) is 32.0 Å². The summed E-state index contributed by atoms with van der Waals surface area (Å²) in [5.74, 6) is 0.172. The van der Waals surface area contributed by atoms with Gasteiger partial charge in [0.25, 0.3) is 11.8 Å². The Labute approximate surface area is 147 Å². The fraction of sp³-hybridized carbons (Fsp3) is 0.263. The lowest BCUT2D eigenvalue weighted by molar-refractivity contribution is -0.128. The van der Waals surface area contributed by atoms with Crippen LogP contribution in [0, 0.1) is 13.8 Å². The number of carbonyl (C=O) groups excluding carboxylic acids is 2. The SMILES string of the molecule is COc1ccccc1C(=O)NNC(=O)C(C)Oc1c(C)cccc1C. The average Bonchev–Trinajstić information content (AvgIpc) is 2.62. The molecule has 0 aliphatic heterocycles. The Morgan fingerprint density at radius 2 is 1.60 bits per heavy atom. The molecule has 1 atom stereocenters. The molecule has 0 saturated heterocycles. The minimum Gasteiger partial charge on any atom is -0.496 e. The number of methoxy groups -OCH3 is 1. The van der Waals surface area contributed by atoms with Gasteiger partial charge in [0.1, 0.15) is 11.5 Å². The number of nitrogens with one attached hydrogen (secondary N) is 2. The first kappa shape index (κ1) is 18.3. The van der Waals surface area contributed by atoms with Gasteiger partial charge in [-0.05, 0) is 44.0 Å². The number of hydrogen-bond acceptors (Lipinski definition) is 4. The van der Waals surface area contributed by atoms with Crippen molar-refractivity contribution in [1.82, 2.24) is 10.9 Å². The van der Waals surface area contributed by atoms with E-state index in [-0.39, 0.29) is 0 Å². The molecule has 0 spiro atoms. The summed E-state index contributed by atoms with van der Waals surface area (Å²) in [4.78, 5) is 24.3. The van der Waals surface area contributed by atoms with Crippen LogP contribution >= 0.6 is 0 Å². The largest absolute Gasteiger partial charge is 0.496 e. The quantitative estimate of drug-likeness (QED) is 0.819. The molecule has 6 nitrogen and oxygen atoms in total. The van der Waals surface area contributed by atoms with Crippen molar-refractivity contribution in [2.45, 2.75) is 26.9 Å². The Kier molecular flexibility index (Phi) is 6.00. The monoisotopic (exact) mass is 342 g/mol. The van der Waals surface area contributed by atoms with E-state index in [4.69, 9.17) is 9.47 Å². The van der Waals surface area contributed by atoms with E-state index in [9.17, 15) is 9.59 Å². The number of amides is 2. The number of rotatable bonds is 5. The van der Waals surface area contributed by atoms with Crippen molar-refractivity contribution in [3.05, 3.63) is 59.2 Å². The fourth-order valence-corrected chi connectivity index (χ4v) is 2.33. The first-order valence-corrected chi connectivity index (χ1v) is 7.90. The highest BCUT2D eigenvalue weighted by Crippen LogP contribution is 2.23. The number of aryl methyl sites for hydroxylation is 2. The Hall–Kier alpha value is -3.02. The Balaban J connectivity index is 1.96. The number of ether oxygens (including phenoxy) is 2. The van der Waals surface area contributed by atoms with Gasteiger partial charge in [-0.1, -0.05) is 30.3 Å². The standard InChI is InChI=1S/C19H22N2O4/c1-12-8-7-9-13(2)17(12)25-14(3)18(22)20-21-19(23)15-10-5-6-11-16(15)24-4/h5-11,14H,1-4H3,(H,20,22)(H,21,23). The van der Waals surface area contributed by atoms with Crippen molar-refractivity contribution in [1.29, 1.82) is 0 Å². The molecule has 2 amide bonds. The highest BCUT2D eigenvalue weighted by molar-refractivity contribution is 5.98. The van der Waals surface area contributed by atoms with Crippen LogP contribution in [0.3, 0.4) is 0 Å². The molecule has 2 rings (SSSR count). The van der Waals surface area contributed by atoms with Crippen LogP contribution in [0.15, 0.2) is 42.5 Å². The summed E-state index contributed by atoms with van der Waals surface area (Å²) in [6.45, 7) is 5.45. The lowest BCUT2D eigenvalue weighted by atomic mass is 10.1. The minimum absolute atomic E-state index is 0.327. The summed E-state index contributed by atoms with van der Waals surface area (Å²) in [7, 11) is 1.48. The predicted molar refractivity (Wildman–Crippen MR) is 94.6 cm³/mol. The first-order valence-electron chi connectivity index (χ1n) is 7.90. The molecule has 2 N–H and O–H groups in total. The summed E-state index contributed by atoms with van der Waals surface area (Å²) in [6.07, 6.45) is -0.766. The van der Waals surface area contributed by atoms with Crippen LogP contribution in [0.5, 0.6) is 11.5 Å². The number of hydrogen-bond donors (Lipinski definition) is 2. The second-order valence-electron chi connectivity index (χ2n) is 5.62. The molecule has 0 aliphatic carbocycles. The molecule has 132 valence electrons. The number of benzene rings is 2. The van der Waals surface area contributed by atoms with E-state index in [1.54, 1.807) is 31.2 Å². The van der Waals surface area contributed by atoms with Gasteiger partial charge in [-0.2, -0.15) is 0 Å². The maximum absolute atomic E-state index is 12.2. The van der Waals surface area contributed by atoms with Crippen LogP contribution in [0.25, 0.3) is 0 Å². The second kappa shape index (κ2) is 8.19. The van der Waals surface area contributed by atoms with Gasteiger partial charge in [0.05, 0.1) is 12.7 Å². The van der Waals surface area contributed by atoms with Crippen molar-refractivity contribution in [2.24, 2.45) is 0 Å². The van der Waals surface area contributed by atoms with Gasteiger partial charge >= 0.3 is 0 Å². The summed E-state index contributed by atoms with van der Waals surface area (Å²) in [5.41, 5.74) is 6.96. The van der Waals surface area contributed by atoms with E-state index in [0.717, 1.165) is 11.1 Å². The minimum atomic E-state index is -0.766. The molecule has 0 heterocycles. The molecule has 0 radical (unpaired) electrons. The zero-order chi connectivity index (χ0) is 18.4. The smallest absolute Gasteiger partial charge is 0.279 e. The van der Waals surface area contributed by atoms with E-state index < -0.39 is 17.9 Å². The molecule has 1 unspecified atom stereocenters. The third kappa shape index (κ3) is 4.50. The van der Waals surface area contributed by atoms with Crippen molar-refractivity contribution in [2.75, 3.05) is 7.11 Å². The highest BCUT2D eigenvalue weighted by atomic mass is 16.5. The van der Waals surface area contributed by atoms with Gasteiger partial charge in [-0.3, -0.25) is 20.4 Å². The summed E-state index contributed by atoms with van der Waals surface area (Å²) in [6, 6.07) is 12.5. The van der Waals surface area contributed by atoms with Gasteiger partial charge in [0.15, 0.2) is 6.10 Å². The maximum atomic E-state index is 12.2. The van der Waals surface area contributed by atoms with E-state index in [0.29, 0.717) is 17.1 Å². The Morgan fingerprint density at radius 3 is 2.24 bits per heavy atom. The van der Waals surface area contributed by atoms with Crippen molar-refractivity contribution < 1.29 is 19.1 Å². The molecule has 2 aromatic rings. The summed E-state index contributed by atoms with van der Waals surface area (Å²) >= 11 is 0. The van der Waals surface area contributed by atoms with Crippen molar-refractivity contribution >= 4 is 11.8 Å². The molecule has 0 saturated carbocycles. The fourth-order valence-electron chi connectivity index (χ4n) is 2.33. The molecular weight excluding hydrogens is 320 g/mol. The second-order valence-corrected chi connectivity index (χ2v) is 5.62. The van der Waals surface area contributed by atoms with Gasteiger partial charge in [-0.25, -0.2) is 0 Å². The zero-order valence-corrected chi connectivity index (χ0v) is 14.8. The molecule has 6 heteroatoms. The van der Waals surface area contributed by atoms with Gasteiger partial charge < -0.3 is 9.47 Å². The molecule has 0 aromatic heterocycles. The molecule has 0 bridgehead atoms. The predicted octanol–water partition coefficient (Wildman–Crippen LogP) is 2.54. The lowest BCUT2D eigenvalue weighted by Crippen LogP contribution is -2.47. The van der Waals surface area contributed by atoms with Crippen molar-refractivity contribution in [3.63, 3.8) is 0 Å². The van der Waals surface area contributed by atoms with Crippen LogP contribution in [0.1, 0.15) is 28.4 Å². The third-order valence-electron chi connectivity index (χ3n) is 3.72. The Morgan fingerprint density at radius 1 is 0.960 bits per heavy atom. The third-order valence-corrected chi connectivity index (χ3v) is 3.72. The molecule has 0 fully saturated rings. The highest BCUT2D eigenvalue weighted by Gasteiger charge is 2.18. The van der Waals surface area contributed by atoms with E-state index >= 15 is 0 Å². The van der Waals surface area contributed by atoms with Crippen LogP contribution in [-0.2, 0) is 4.79 Å². The summed E-state index contributed by atoms with van der Waals surface area (Å²) < 4.78 is 10.9. The Bertz CT molecular complexity index is 754. The van der Waals surface area contributed by atoms with Crippen LogP contribution in [-0.4, -0.2) is 25.0 Å². The maximum Gasteiger partial charge on any atom is 0.279 e. The normalized spacial score (nSPS) is 11.4. The van der Waals surface area contributed by atoms with Gasteiger partial charge in [0.2, 0.25) is 0 Å². The molecule has 25 heavy (non-hydrogen) atoms. The van der Waals surface area contributed by atoms with Gasteiger partial charge in [0, 0.05) is 0 Å². The number of hydrazine groups is 1. The van der Waals surface area contributed by atoms with E-state index in [2.05, 4.69) is 10.9 Å². The van der Waals surface area contributed by atoms with Crippen molar-refractivity contribution in [3.8, 4) is 11.5 Å². The first-order chi connectivity index (χ1) is 11.9. The zero-order valence-electron chi connectivity index (χ0n) is 14.8. The number of para-hydroxylation sites is 2. The van der Waals surface area contributed by atoms with Gasteiger partial charge in [-0.15, -0.1) is 0 Å². The van der Waals surface area contributed by atoms with Crippen LogP contribution < -0.4 is 20.3 Å². The van der Waals surface area contributed by atoms with E-state index in [1.165, 1.54) is 7.11 Å². The van der Waals surface area contributed by atoms with Crippen LogP contribution in [0.4, 0.5) is 0 Å². The van der Waals surface area contributed by atoms with Crippen LogP contribution in [0.2, 0.25) is 0 Å². The average molecular weight is 342 g/mol. The molecular formula is C19H22N2O4. The number of carbonyl (C=O) groups is 2. The molecule has 2 aromatic carbocycles. The summed E-state index contributed by atoms with van der Waals surface area (Å²) in [5, 5.41) is 0. The topological polar surface area (TPSA) is 76.7 Å². The lowest BCUT2D eigenvalue weighted by Gasteiger charge is -2.18. The molecule has 0 aliphatic rings.